The monoisotopic (exact) mass is 381 g/mol. The van der Waals surface area contributed by atoms with Gasteiger partial charge in [-0.05, 0) is 50.8 Å². The van der Waals surface area contributed by atoms with E-state index in [1.807, 2.05) is 19.9 Å². The lowest BCUT2D eigenvalue weighted by Gasteiger charge is -2.13. The molecule has 0 aromatic heterocycles. The van der Waals surface area contributed by atoms with Crippen molar-refractivity contribution in [2.45, 2.75) is 45.8 Å². The maximum atomic E-state index is 13.9. The highest BCUT2D eigenvalue weighted by Gasteiger charge is 2.14. The maximum absolute atomic E-state index is 13.9. The van der Waals surface area contributed by atoms with Crippen molar-refractivity contribution in [3.05, 3.63) is 29.6 Å². The molecule has 1 aliphatic heterocycles. The molecule has 0 bridgehead atoms. The van der Waals surface area contributed by atoms with E-state index in [9.17, 15) is 4.39 Å². The molecule has 1 atom stereocenters. The van der Waals surface area contributed by atoms with E-state index in [1.165, 1.54) is 6.07 Å². The number of halogens is 1. The molecule has 1 aromatic carbocycles. The van der Waals surface area contributed by atoms with Crippen LogP contribution in [-0.2, 0) is 16.0 Å². The molecule has 27 heavy (non-hydrogen) atoms. The SMILES string of the molecule is CCNC(=NCc1ccc(OCC)c(F)c1)NCCCOCC1CCCO1. The van der Waals surface area contributed by atoms with Crippen LogP contribution in [0.3, 0.4) is 0 Å². The third-order valence-corrected chi connectivity index (χ3v) is 4.15. The molecule has 1 saturated heterocycles. The molecule has 1 aliphatic rings. The number of nitrogens with zero attached hydrogens (tertiary/aromatic N) is 1. The zero-order chi connectivity index (χ0) is 19.3. The largest absolute Gasteiger partial charge is 0.491 e. The predicted molar refractivity (Wildman–Crippen MR) is 105 cm³/mol. The molecule has 1 aromatic rings. The summed E-state index contributed by atoms with van der Waals surface area (Å²) in [5.74, 6) is 0.634. The number of aliphatic imine (C=N–C) groups is 1. The first-order valence-electron chi connectivity index (χ1n) is 9.85. The van der Waals surface area contributed by atoms with Crippen molar-refractivity contribution in [1.29, 1.82) is 0 Å². The Kier molecular flexibility index (Phi) is 9.94. The van der Waals surface area contributed by atoms with Crippen molar-refractivity contribution < 1.29 is 18.6 Å². The number of ether oxygens (including phenoxy) is 3. The first-order chi connectivity index (χ1) is 13.2. The van der Waals surface area contributed by atoms with Crippen molar-refractivity contribution >= 4 is 5.96 Å². The summed E-state index contributed by atoms with van der Waals surface area (Å²) >= 11 is 0. The van der Waals surface area contributed by atoms with Gasteiger partial charge in [-0.2, -0.15) is 0 Å². The number of nitrogens with one attached hydrogen (secondary N) is 2. The Morgan fingerprint density at radius 1 is 1.33 bits per heavy atom. The van der Waals surface area contributed by atoms with Gasteiger partial charge < -0.3 is 24.8 Å². The molecular formula is C20H32FN3O3. The standard InChI is InChI=1S/C20H32FN3O3/c1-3-22-20(23-10-6-11-25-15-17-7-5-12-27-17)24-14-16-8-9-19(26-4-2)18(21)13-16/h8-9,13,17H,3-7,10-12,14-15H2,1-2H3,(H2,22,23,24). The van der Waals surface area contributed by atoms with E-state index in [0.717, 1.165) is 44.5 Å². The Morgan fingerprint density at radius 3 is 2.93 bits per heavy atom. The van der Waals surface area contributed by atoms with Gasteiger partial charge in [-0.3, -0.25) is 0 Å². The highest BCUT2D eigenvalue weighted by atomic mass is 19.1. The van der Waals surface area contributed by atoms with Gasteiger partial charge in [0, 0.05) is 26.3 Å². The minimum atomic E-state index is -0.356. The van der Waals surface area contributed by atoms with Crippen LogP contribution < -0.4 is 15.4 Å². The Balaban J connectivity index is 1.70. The molecule has 2 rings (SSSR count). The van der Waals surface area contributed by atoms with Crippen LogP contribution in [0, 0.1) is 5.82 Å². The summed E-state index contributed by atoms with van der Waals surface area (Å²) in [4.78, 5) is 4.51. The summed E-state index contributed by atoms with van der Waals surface area (Å²) in [5, 5.41) is 6.47. The normalized spacial score (nSPS) is 17.1. The lowest BCUT2D eigenvalue weighted by atomic mass is 10.2. The molecule has 0 saturated carbocycles. The van der Waals surface area contributed by atoms with E-state index in [-0.39, 0.29) is 17.7 Å². The average molecular weight is 381 g/mol. The minimum absolute atomic E-state index is 0.270. The van der Waals surface area contributed by atoms with Crippen LogP contribution in [-0.4, -0.2) is 51.6 Å². The Hall–Kier alpha value is -1.86. The third-order valence-electron chi connectivity index (χ3n) is 4.15. The van der Waals surface area contributed by atoms with E-state index in [1.54, 1.807) is 6.07 Å². The second-order valence-electron chi connectivity index (χ2n) is 6.38. The maximum Gasteiger partial charge on any atom is 0.191 e. The van der Waals surface area contributed by atoms with Gasteiger partial charge >= 0.3 is 0 Å². The van der Waals surface area contributed by atoms with Crippen LogP contribution in [0.15, 0.2) is 23.2 Å². The van der Waals surface area contributed by atoms with Gasteiger partial charge in [-0.15, -0.1) is 0 Å². The number of guanidine groups is 1. The third kappa shape index (κ3) is 8.13. The van der Waals surface area contributed by atoms with Crippen LogP contribution in [0.4, 0.5) is 4.39 Å². The van der Waals surface area contributed by atoms with Crippen LogP contribution >= 0.6 is 0 Å². The molecule has 152 valence electrons. The van der Waals surface area contributed by atoms with E-state index >= 15 is 0 Å². The van der Waals surface area contributed by atoms with Crippen molar-refractivity contribution in [2.24, 2.45) is 4.99 Å². The van der Waals surface area contributed by atoms with Gasteiger partial charge in [-0.25, -0.2) is 9.38 Å². The Morgan fingerprint density at radius 2 is 2.22 bits per heavy atom. The summed E-state index contributed by atoms with van der Waals surface area (Å²) in [6.07, 6.45) is 3.39. The van der Waals surface area contributed by atoms with Crippen LogP contribution in [0.25, 0.3) is 0 Å². The summed E-state index contributed by atoms with van der Waals surface area (Å²) < 4.78 is 30.3. The van der Waals surface area contributed by atoms with E-state index in [2.05, 4.69) is 15.6 Å². The number of rotatable bonds is 11. The van der Waals surface area contributed by atoms with Gasteiger partial charge in [0.05, 0.1) is 25.9 Å². The Bertz CT molecular complexity index is 578. The van der Waals surface area contributed by atoms with E-state index in [4.69, 9.17) is 14.2 Å². The number of benzene rings is 1. The van der Waals surface area contributed by atoms with E-state index in [0.29, 0.717) is 32.3 Å². The smallest absolute Gasteiger partial charge is 0.191 e. The molecule has 0 radical (unpaired) electrons. The zero-order valence-electron chi connectivity index (χ0n) is 16.4. The molecule has 6 nitrogen and oxygen atoms in total. The number of hydrogen-bond donors (Lipinski definition) is 2. The number of hydrogen-bond acceptors (Lipinski definition) is 4. The zero-order valence-corrected chi connectivity index (χ0v) is 16.4. The highest BCUT2D eigenvalue weighted by Crippen LogP contribution is 2.18. The molecule has 2 N–H and O–H groups in total. The lowest BCUT2D eigenvalue weighted by molar-refractivity contribution is 0.0168. The summed E-state index contributed by atoms with van der Waals surface area (Å²) in [6, 6.07) is 4.95. The predicted octanol–water partition coefficient (Wildman–Crippen LogP) is 2.87. The summed E-state index contributed by atoms with van der Waals surface area (Å²) in [5.41, 5.74) is 0.799. The van der Waals surface area contributed by atoms with Gasteiger partial charge in [0.25, 0.3) is 0 Å². The summed E-state index contributed by atoms with van der Waals surface area (Å²) in [6.45, 7) is 8.44. The van der Waals surface area contributed by atoms with Crippen LogP contribution in [0.2, 0.25) is 0 Å². The van der Waals surface area contributed by atoms with Crippen molar-refractivity contribution in [3.8, 4) is 5.75 Å². The van der Waals surface area contributed by atoms with Crippen molar-refractivity contribution in [2.75, 3.05) is 39.5 Å². The fourth-order valence-electron chi connectivity index (χ4n) is 2.80. The fraction of sp³-hybridized carbons (Fsp3) is 0.650. The molecular weight excluding hydrogens is 349 g/mol. The molecule has 0 amide bonds. The van der Waals surface area contributed by atoms with Gasteiger partial charge in [0.1, 0.15) is 0 Å². The fourth-order valence-corrected chi connectivity index (χ4v) is 2.80. The second-order valence-corrected chi connectivity index (χ2v) is 6.38. The average Bonchev–Trinajstić information content (AvgIpc) is 3.18. The molecule has 7 heteroatoms. The van der Waals surface area contributed by atoms with Crippen molar-refractivity contribution in [3.63, 3.8) is 0 Å². The molecule has 1 fully saturated rings. The first-order valence-corrected chi connectivity index (χ1v) is 9.85. The molecule has 1 unspecified atom stereocenters. The van der Waals surface area contributed by atoms with Gasteiger partial charge in [-0.1, -0.05) is 6.07 Å². The molecule has 0 spiro atoms. The lowest BCUT2D eigenvalue weighted by Crippen LogP contribution is -2.38. The highest BCUT2D eigenvalue weighted by molar-refractivity contribution is 5.79. The molecule has 0 aliphatic carbocycles. The Labute approximate surface area is 161 Å². The first kappa shape index (κ1) is 21.4. The van der Waals surface area contributed by atoms with Crippen LogP contribution in [0.1, 0.15) is 38.7 Å². The van der Waals surface area contributed by atoms with Gasteiger partial charge in [0.2, 0.25) is 0 Å². The topological polar surface area (TPSA) is 64.1 Å². The second kappa shape index (κ2) is 12.5. The van der Waals surface area contributed by atoms with Gasteiger partial charge in [0.15, 0.2) is 17.5 Å². The van der Waals surface area contributed by atoms with E-state index < -0.39 is 0 Å². The quantitative estimate of drug-likeness (QED) is 0.351. The minimum Gasteiger partial charge on any atom is -0.491 e. The van der Waals surface area contributed by atoms with Crippen LogP contribution in [0.5, 0.6) is 5.75 Å². The molecule has 1 heterocycles. The van der Waals surface area contributed by atoms with Crippen molar-refractivity contribution in [1.82, 2.24) is 10.6 Å². The summed E-state index contributed by atoms with van der Waals surface area (Å²) in [7, 11) is 0.